The fraction of sp³-hybridized carbons (Fsp3) is 0.467. The lowest BCUT2D eigenvalue weighted by Gasteiger charge is -2.35. The van der Waals surface area contributed by atoms with Crippen LogP contribution >= 0.6 is 0 Å². The first-order valence-electron chi connectivity index (χ1n) is 7.14. The summed E-state index contributed by atoms with van der Waals surface area (Å²) in [5, 5.41) is 12.2. The molecular weight excluding hydrogens is 272 g/mol. The van der Waals surface area contributed by atoms with Crippen LogP contribution in [0.15, 0.2) is 18.2 Å². The lowest BCUT2D eigenvalue weighted by atomic mass is 10.1. The van der Waals surface area contributed by atoms with Crippen LogP contribution in [0.4, 0.5) is 5.69 Å². The molecule has 2 N–H and O–H groups in total. The van der Waals surface area contributed by atoms with Crippen LogP contribution in [-0.4, -0.2) is 42.2 Å². The number of hydrogen-bond acceptors (Lipinski definition) is 4. The predicted molar refractivity (Wildman–Crippen MR) is 76.9 cm³/mol. The van der Waals surface area contributed by atoms with Gasteiger partial charge in [-0.2, -0.15) is 0 Å². The molecule has 1 amide bonds. The Kier molecular flexibility index (Phi) is 3.45. The van der Waals surface area contributed by atoms with Crippen LogP contribution in [0.3, 0.4) is 0 Å². The highest BCUT2D eigenvalue weighted by Gasteiger charge is 2.32. The van der Waals surface area contributed by atoms with Gasteiger partial charge < -0.3 is 20.1 Å². The van der Waals surface area contributed by atoms with Crippen LogP contribution in [0.2, 0.25) is 0 Å². The molecular formula is C15H18N2O4. The van der Waals surface area contributed by atoms with E-state index < -0.39 is 5.97 Å². The average molecular weight is 290 g/mol. The molecule has 1 saturated carbocycles. The van der Waals surface area contributed by atoms with E-state index in [2.05, 4.69) is 5.32 Å². The highest BCUT2D eigenvalue weighted by molar-refractivity contribution is 5.94. The summed E-state index contributed by atoms with van der Waals surface area (Å²) in [7, 11) is 0. The van der Waals surface area contributed by atoms with Gasteiger partial charge in [-0.05, 0) is 31.9 Å². The fourth-order valence-corrected chi connectivity index (χ4v) is 2.53. The maximum absolute atomic E-state index is 12.2. The molecule has 0 radical (unpaired) electrons. The molecule has 1 heterocycles. The Hall–Kier alpha value is -2.24. The second kappa shape index (κ2) is 5.27. The Morgan fingerprint density at radius 3 is 2.86 bits per heavy atom. The molecule has 1 aromatic carbocycles. The van der Waals surface area contributed by atoms with Gasteiger partial charge in [-0.25, -0.2) is 4.79 Å². The van der Waals surface area contributed by atoms with E-state index in [0.717, 1.165) is 12.8 Å². The molecule has 0 bridgehead atoms. The van der Waals surface area contributed by atoms with E-state index in [9.17, 15) is 14.7 Å². The van der Waals surface area contributed by atoms with Crippen LogP contribution in [0, 0.1) is 0 Å². The van der Waals surface area contributed by atoms with Gasteiger partial charge >= 0.3 is 5.97 Å². The van der Waals surface area contributed by atoms with Gasteiger partial charge in [-0.3, -0.25) is 4.79 Å². The lowest BCUT2D eigenvalue weighted by Crippen LogP contribution is -2.49. The Morgan fingerprint density at radius 1 is 1.43 bits per heavy atom. The van der Waals surface area contributed by atoms with Crippen molar-refractivity contribution < 1.29 is 19.4 Å². The fourth-order valence-electron chi connectivity index (χ4n) is 2.53. The largest absolute Gasteiger partial charge is 0.489 e. The van der Waals surface area contributed by atoms with Crippen molar-refractivity contribution in [1.29, 1.82) is 0 Å². The number of carboxylic acid groups (broad SMARTS) is 1. The molecule has 6 heteroatoms. The number of hydrogen-bond donors (Lipinski definition) is 2. The van der Waals surface area contributed by atoms with Crippen LogP contribution in [0.25, 0.3) is 0 Å². The van der Waals surface area contributed by atoms with Crippen molar-refractivity contribution in [2.45, 2.75) is 31.8 Å². The molecule has 1 fully saturated rings. The number of carbonyl (C=O) groups is 2. The van der Waals surface area contributed by atoms with Crippen molar-refractivity contribution in [2.75, 3.05) is 18.1 Å². The molecule has 1 atom stereocenters. The Morgan fingerprint density at radius 2 is 2.19 bits per heavy atom. The molecule has 21 heavy (non-hydrogen) atoms. The Bertz CT molecular complexity index is 583. The number of aromatic carboxylic acids is 1. The lowest BCUT2D eigenvalue weighted by molar-refractivity contribution is -0.122. The van der Waals surface area contributed by atoms with E-state index in [1.54, 1.807) is 12.1 Å². The van der Waals surface area contributed by atoms with Crippen LogP contribution in [-0.2, 0) is 4.79 Å². The number of ether oxygens (including phenoxy) is 1. The molecule has 1 aliphatic carbocycles. The van der Waals surface area contributed by atoms with Crippen LogP contribution in [0.1, 0.15) is 30.1 Å². The number of carboxylic acids is 1. The van der Waals surface area contributed by atoms with Crippen molar-refractivity contribution in [3.63, 3.8) is 0 Å². The number of nitrogens with zero attached hydrogens (tertiary/aromatic N) is 1. The van der Waals surface area contributed by atoms with E-state index in [0.29, 0.717) is 30.6 Å². The second-order valence-electron chi connectivity index (χ2n) is 5.46. The molecule has 6 nitrogen and oxygen atoms in total. The highest BCUT2D eigenvalue weighted by atomic mass is 16.5. The maximum atomic E-state index is 12.2. The molecule has 2 aliphatic rings. The van der Waals surface area contributed by atoms with Crippen molar-refractivity contribution in [3.05, 3.63) is 23.8 Å². The molecule has 0 spiro atoms. The third-order valence-corrected chi connectivity index (χ3v) is 3.88. The summed E-state index contributed by atoms with van der Waals surface area (Å²) in [6.45, 7) is 2.77. The van der Waals surface area contributed by atoms with Gasteiger partial charge in [0.2, 0.25) is 5.91 Å². The van der Waals surface area contributed by atoms with Crippen molar-refractivity contribution in [1.82, 2.24) is 5.32 Å². The minimum absolute atomic E-state index is 0.0221. The molecule has 3 rings (SSSR count). The van der Waals surface area contributed by atoms with Crippen LogP contribution < -0.4 is 15.0 Å². The zero-order valence-electron chi connectivity index (χ0n) is 11.8. The summed E-state index contributed by atoms with van der Waals surface area (Å²) >= 11 is 0. The Balaban J connectivity index is 1.87. The van der Waals surface area contributed by atoms with Gasteiger partial charge in [0.1, 0.15) is 18.2 Å². The molecule has 112 valence electrons. The van der Waals surface area contributed by atoms with E-state index in [1.165, 1.54) is 6.07 Å². The second-order valence-corrected chi connectivity index (χ2v) is 5.46. The molecule has 0 saturated heterocycles. The molecule has 1 unspecified atom stereocenters. The first-order chi connectivity index (χ1) is 10.1. The number of anilines is 1. The highest BCUT2D eigenvalue weighted by Crippen LogP contribution is 2.36. The average Bonchev–Trinajstić information content (AvgIpc) is 3.29. The van der Waals surface area contributed by atoms with E-state index in [4.69, 9.17) is 4.74 Å². The number of amides is 1. The van der Waals surface area contributed by atoms with Gasteiger partial charge in [-0.1, -0.05) is 6.07 Å². The zero-order chi connectivity index (χ0) is 15.0. The zero-order valence-corrected chi connectivity index (χ0v) is 11.8. The quantitative estimate of drug-likeness (QED) is 0.872. The van der Waals surface area contributed by atoms with Gasteiger partial charge in [0.25, 0.3) is 0 Å². The first kappa shape index (κ1) is 13.7. The first-order valence-corrected chi connectivity index (χ1v) is 7.14. The summed E-state index contributed by atoms with van der Waals surface area (Å²) in [5.41, 5.74) is 0.798. The van der Waals surface area contributed by atoms with E-state index in [1.807, 2.05) is 11.8 Å². The van der Waals surface area contributed by atoms with Crippen molar-refractivity contribution in [2.24, 2.45) is 0 Å². The standard InChI is InChI=1S/C15H18N2O4/c1-9(14(18)16-10-5-6-10)17-7-8-21-13-11(15(19)20)3-2-4-12(13)17/h2-4,9-10H,5-8H2,1H3,(H,16,18)(H,19,20). The smallest absolute Gasteiger partial charge is 0.339 e. The number of fused-ring (bicyclic) bond motifs is 1. The van der Waals surface area contributed by atoms with Crippen molar-refractivity contribution in [3.8, 4) is 5.75 Å². The summed E-state index contributed by atoms with van der Waals surface area (Å²) < 4.78 is 5.52. The van der Waals surface area contributed by atoms with Gasteiger partial charge in [0.15, 0.2) is 5.75 Å². The number of carbonyl (C=O) groups excluding carboxylic acids is 1. The molecule has 1 aromatic rings. The third-order valence-electron chi connectivity index (χ3n) is 3.88. The summed E-state index contributed by atoms with van der Waals surface area (Å²) in [5.74, 6) is -0.697. The molecule has 0 aromatic heterocycles. The topological polar surface area (TPSA) is 78.9 Å². The van der Waals surface area contributed by atoms with Gasteiger partial charge in [-0.15, -0.1) is 0 Å². The van der Waals surface area contributed by atoms with E-state index >= 15 is 0 Å². The van der Waals surface area contributed by atoms with E-state index in [-0.39, 0.29) is 17.5 Å². The summed E-state index contributed by atoms with van der Waals surface area (Å²) in [4.78, 5) is 25.4. The number of para-hydroxylation sites is 1. The predicted octanol–water partition coefficient (Wildman–Crippen LogP) is 1.25. The summed E-state index contributed by atoms with van der Waals surface area (Å²) in [6, 6.07) is 4.94. The molecule has 1 aliphatic heterocycles. The normalized spacial score (nSPS) is 18.4. The monoisotopic (exact) mass is 290 g/mol. The summed E-state index contributed by atoms with van der Waals surface area (Å²) in [6.07, 6.45) is 2.09. The van der Waals surface area contributed by atoms with Gasteiger partial charge in [0, 0.05) is 6.04 Å². The van der Waals surface area contributed by atoms with Crippen molar-refractivity contribution >= 4 is 17.6 Å². The number of rotatable bonds is 4. The minimum atomic E-state index is -1.02. The SMILES string of the molecule is CC(C(=O)NC1CC1)N1CCOc2c(C(=O)O)cccc21. The minimum Gasteiger partial charge on any atom is -0.489 e. The third kappa shape index (κ3) is 2.66. The van der Waals surface area contributed by atoms with Gasteiger partial charge in [0.05, 0.1) is 12.2 Å². The maximum Gasteiger partial charge on any atom is 0.339 e. The number of benzene rings is 1. The number of nitrogens with one attached hydrogen (secondary N) is 1. The Labute approximate surface area is 122 Å². The van der Waals surface area contributed by atoms with Crippen LogP contribution in [0.5, 0.6) is 5.75 Å².